The van der Waals surface area contributed by atoms with Gasteiger partial charge in [-0.15, -0.1) is 0 Å². The number of methoxy groups -OCH3 is 1. The summed E-state index contributed by atoms with van der Waals surface area (Å²) in [5.41, 5.74) is 1.22. The molecule has 1 aromatic carbocycles. The van der Waals surface area contributed by atoms with Crippen LogP contribution in [-0.2, 0) is 4.74 Å². The van der Waals surface area contributed by atoms with Crippen molar-refractivity contribution in [3.63, 3.8) is 0 Å². The number of morpholine rings is 1. The Morgan fingerprint density at radius 2 is 2.40 bits per heavy atom. The topological polar surface area (TPSA) is 30.5 Å². The van der Waals surface area contributed by atoms with Gasteiger partial charge in [0.15, 0.2) is 0 Å². The summed E-state index contributed by atoms with van der Waals surface area (Å²) in [4.78, 5) is 0. The Balaban J connectivity index is 2.17. The average molecular weight is 272 g/mol. The van der Waals surface area contributed by atoms with Crippen molar-refractivity contribution < 1.29 is 9.47 Å². The fraction of sp³-hybridized carbons (Fsp3) is 0.455. The number of ether oxygens (including phenoxy) is 2. The van der Waals surface area contributed by atoms with Crippen molar-refractivity contribution in [2.75, 3.05) is 26.9 Å². The summed E-state index contributed by atoms with van der Waals surface area (Å²) in [6, 6.07) is 6.40. The molecule has 1 N–H and O–H groups in total. The number of nitrogens with one attached hydrogen (secondary N) is 1. The number of hydrogen-bond donors (Lipinski definition) is 1. The first kappa shape index (κ1) is 10.9. The molecule has 0 aromatic heterocycles. The minimum Gasteiger partial charge on any atom is -0.496 e. The van der Waals surface area contributed by atoms with Crippen LogP contribution >= 0.6 is 15.9 Å². The molecule has 0 saturated carbocycles. The molecule has 0 spiro atoms. The second-order valence-corrected chi connectivity index (χ2v) is 4.33. The maximum atomic E-state index is 5.42. The highest BCUT2D eigenvalue weighted by Gasteiger charge is 2.15. The first-order valence-electron chi connectivity index (χ1n) is 4.96. The molecule has 2 rings (SSSR count). The van der Waals surface area contributed by atoms with E-state index in [1.165, 1.54) is 5.56 Å². The maximum Gasteiger partial charge on any atom is 0.133 e. The molecule has 0 radical (unpaired) electrons. The fourth-order valence-corrected chi connectivity index (χ4v) is 2.24. The van der Waals surface area contributed by atoms with Crippen LogP contribution in [0.1, 0.15) is 11.6 Å². The van der Waals surface area contributed by atoms with E-state index in [1.807, 2.05) is 6.07 Å². The van der Waals surface area contributed by atoms with Crippen LogP contribution in [0.2, 0.25) is 0 Å². The Morgan fingerprint density at radius 1 is 1.53 bits per heavy atom. The normalized spacial score (nSPS) is 21.3. The van der Waals surface area contributed by atoms with Crippen molar-refractivity contribution in [1.82, 2.24) is 5.32 Å². The largest absolute Gasteiger partial charge is 0.496 e. The van der Waals surface area contributed by atoms with Gasteiger partial charge in [0.05, 0.1) is 30.8 Å². The van der Waals surface area contributed by atoms with Crippen molar-refractivity contribution in [2.45, 2.75) is 6.04 Å². The predicted molar refractivity (Wildman–Crippen MR) is 62.3 cm³/mol. The van der Waals surface area contributed by atoms with Crippen LogP contribution in [0.3, 0.4) is 0 Å². The molecular formula is C11H14BrNO2. The predicted octanol–water partition coefficient (Wildman–Crippen LogP) is 2.12. The first-order valence-corrected chi connectivity index (χ1v) is 5.75. The van der Waals surface area contributed by atoms with Crippen LogP contribution in [0.5, 0.6) is 5.75 Å². The van der Waals surface area contributed by atoms with Gasteiger partial charge in [-0.05, 0) is 33.6 Å². The standard InChI is InChI=1S/C11H14BrNO2/c1-14-11-3-2-8(6-9(11)12)10-7-15-5-4-13-10/h2-3,6,10,13H,4-5,7H2,1H3. The van der Waals surface area contributed by atoms with Gasteiger partial charge in [0.1, 0.15) is 5.75 Å². The number of hydrogen-bond acceptors (Lipinski definition) is 3. The molecule has 1 heterocycles. The molecular weight excluding hydrogens is 258 g/mol. The minimum atomic E-state index is 0.293. The summed E-state index contributed by atoms with van der Waals surface area (Å²) in [7, 11) is 1.67. The lowest BCUT2D eigenvalue weighted by Gasteiger charge is -2.24. The van der Waals surface area contributed by atoms with Gasteiger partial charge in [0.2, 0.25) is 0 Å². The smallest absolute Gasteiger partial charge is 0.133 e. The maximum absolute atomic E-state index is 5.42. The van der Waals surface area contributed by atoms with Crippen LogP contribution in [-0.4, -0.2) is 26.9 Å². The van der Waals surface area contributed by atoms with Crippen LogP contribution < -0.4 is 10.1 Å². The van der Waals surface area contributed by atoms with E-state index in [-0.39, 0.29) is 0 Å². The first-order chi connectivity index (χ1) is 7.31. The summed E-state index contributed by atoms with van der Waals surface area (Å²) in [6.45, 7) is 2.45. The zero-order chi connectivity index (χ0) is 10.7. The highest BCUT2D eigenvalue weighted by atomic mass is 79.9. The molecule has 1 atom stereocenters. The molecule has 1 fully saturated rings. The van der Waals surface area contributed by atoms with Gasteiger partial charge in [-0.25, -0.2) is 0 Å². The third-order valence-corrected chi connectivity index (χ3v) is 3.12. The molecule has 1 aliphatic rings. The summed E-state index contributed by atoms with van der Waals surface area (Å²) in [5.74, 6) is 0.857. The third-order valence-electron chi connectivity index (χ3n) is 2.50. The second kappa shape index (κ2) is 4.96. The summed E-state index contributed by atoms with van der Waals surface area (Å²) in [6.07, 6.45) is 0. The molecule has 0 aliphatic carbocycles. The van der Waals surface area contributed by atoms with Crippen molar-refractivity contribution in [2.24, 2.45) is 0 Å². The van der Waals surface area contributed by atoms with E-state index in [0.717, 1.165) is 30.0 Å². The molecule has 0 bridgehead atoms. The zero-order valence-electron chi connectivity index (χ0n) is 8.63. The number of rotatable bonds is 2. The van der Waals surface area contributed by atoms with Gasteiger partial charge in [-0.2, -0.15) is 0 Å². The Morgan fingerprint density at radius 3 is 3.00 bits per heavy atom. The zero-order valence-corrected chi connectivity index (χ0v) is 10.2. The van der Waals surface area contributed by atoms with E-state index in [9.17, 15) is 0 Å². The number of halogens is 1. The van der Waals surface area contributed by atoms with E-state index in [2.05, 4.69) is 33.4 Å². The van der Waals surface area contributed by atoms with Gasteiger partial charge >= 0.3 is 0 Å². The third kappa shape index (κ3) is 2.51. The van der Waals surface area contributed by atoms with E-state index in [1.54, 1.807) is 7.11 Å². The van der Waals surface area contributed by atoms with Gasteiger partial charge < -0.3 is 14.8 Å². The van der Waals surface area contributed by atoms with E-state index in [4.69, 9.17) is 9.47 Å². The van der Waals surface area contributed by atoms with Crippen molar-refractivity contribution in [3.8, 4) is 5.75 Å². The Labute approximate surface area is 97.9 Å². The molecule has 1 saturated heterocycles. The summed E-state index contributed by atoms with van der Waals surface area (Å²) < 4.78 is 11.6. The fourth-order valence-electron chi connectivity index (χ4n) is 1.68. The SMILES string of the molecule is COc1ccc(C2COCCN2)cc1Br. The average Bonchev–Trinajstić information content (AvgIpc) is 2.30. The molecule has 4 heteroatoms. The Bertz CT molecular complexity index is 337. The monoisotopic (exact) mass is 271 g/mol. The highest BCUT2D eigenvalue weighted by molar-refractivity contribution is 9.10. The Hall–Kier alpha value is -0.580. The van der Waals surface area contributed by atoms with E-state index < -0.39 is 0 Å². The number of benzene rings is 1. The van der Waals surface area contributed by atoms with Gasteiger partial charge in [0.25, 0.3) is 0 Å². The lowest BCUT2D eigenvalue weighted by Crippen LogP contribution is -2.34. The second-order valence-electron chi connectivity index (χ2n) is 3.48. The molecule has 1 aliphatic heterocycles. The van der Waals surface area contributed by atoms with Crippen molar-refractivity contribution in [1.29, 1.82) is 0 Å². The molecule has 82 valence electrons. The molecule has 15 heavy (non-hydrogen) atoms. The van der Waals surface area contributed by atoms with Crippen LogP contribution in [0.15, 0.2) is 22.7 Å². The summed E-state index contributed by atoms with van der Waals surface area (Å²) >= 11 is 3.48. The molecule has 0 amide bonds. The lowest BCUT2D eigenvalue weighted by molar-refractivity contribution is 0.0768. The summed E-state index contributed by atoms with van der Waals surface area (Å²) in [5, 5.41) is 3.41. The minimum absolute atomic E-state index is 0.293. The Kier molecular flexibility index (Phi) is 3.61. The van der Waals surface area contributed by atoms with E-state index in [0.29, 0.717) is 6.04 Å². The highest BCUT2D eigenvalue weighted by Crippen LogP contribution is 2.28. The van der Waals surface area contributed by atoms with Crippen LogP contribution in [0.25, 0.3) is 0 Å². The molecule has 1 unspecified atom stereocenters. The van der Waals surface area contributed by atoms with Gasteiger partial charge in [-0.3, -0.25) is 0 Å². The van der Waals surface area contributed by atoms with E-state index >= 15 is 0 Å². The van der Waals surface area contributed by atoms with Gasteiger partial charge in [0, 0.05) is 6.54 Å². The van der Waals surface area contributed by atoms with Crippen LogP contribution in [0.4, 0.5) is 0 Å². The van der Waals surface area contributed by atoms with Gasteiger partial charge in [-0.1, -0.05) is 6.07 Å². The quantitative estimate of drug-likeness (QED) is 0.894. The van der Waals surface area contributed by atoms with Crippen LogP contribution in [0, 0.1) is 0 Å². The van der Waals surface area contributed by atoms with Crippen molar-refractivity contribution in [3.05, 3.63) is 28.2 Å². The molecule has 1 aromatic rings. The lowest BCUT2D eigenvalue weighted by atomic mass is 10.1. The van der Waals surface area contributed by atoms with Crippen molar-refractivity contribution >= 4 is 15.9 Å². The molecule has 3 nitrogen and oxygen atoms in total.